The molecule has 0 saturated carbocycles. The van der Waals surface area contributed by atoms with Crippen LogP contribution in [-0.4, -0.2) is 31.5 Å². The third-order valence-electron chi connectivity index (χ3n) is 2.11. The molecular formula is C10H11N5O3. The molecule has 2 aromatic heterocycles. The predicted octanol–water partition coefficient (Wildman–Crippen LogP) is 1.36. The van der Waals surface area contributed by atoms with Crippen LogP contribution in [0.4, 0.5) is 5.69 Å². The van der Waals surface area contributed by atoms with E-state index in [9.17, 15) is 10.1 Å². The molecule has 0 bridgehead atoms. The maximum Gasteiger partial charge on any atom is 0.290 e. The minimum Gasteiger partial charge on any atom is -0.476 e. The predicted molar refractivity (Wildman–Crippen MR) is 61.6 cm³/mol. The van der Waals surface area contributed by atoms with Gasteiger partial charge in [0, 0.05) is 0 Å². The zero-order valence-corrected chi connectivity index (χ0v) is 9.68. The summed E-state index contributed by atoms with van der Waals surface area (Å²) >= 11 is 0. The van der Waals surface area contributed by atoms with Crippen LogP contribution in [0.2, 0.25) is 0 Å². The van der Waals surface area contributed by atoms with Crippen molar-refractivity contribution >= 4 is 5.69 Å². The highest BCUT2D eigenvalue weighted by atomic mass is 16.6. The van der Waals surface area contributed by atoms with Gasteiger partial charge >= 0.3 is 0 Å². The van der Waals surface area contributed by atoms with Crippen molar-refractivity contribution in [3.63, 3.8) is 0 Å². The number of nitrogens with zero attached hydrogens (tertiary/aromatic N) is 5. The maximum absolute atomic E-state index is 10.7. The number of hydrogen-bond acceptors (Lipinski definition) is 6. The molecule has 0 aliphatic rings. The van der Waals surface area contributed by atoms with E-state index < -0.39 is 4.92 Å². The first kappa shape index (κ1) is 12.0. The van der Waals surface area contributed by atoms with Gasteiger partial charge in [-0.1, -0.05) is 6.92 Å². The lowest BCUT2D eigenvalue weighted by Gasteiger charge is -2.08. The maximum atomic E-state index is 10.7. The smallest absolute Gasteiger partial charge is 0.290 e. The van der Waals surface area contributed by atoms with Gasteiger partial charge in [0.2, 0.25) is 5.88 Å². The van der Waals surface area contributed by atoms with Gasteiger partial charge < -0.3 is 4.74 Å². The number of ether oxygens (including phenoxy) is 1. The van der Waals surface area contributed by atoms with Crippen LogP contribution in [0.25, 0.3) is 5.69 Å². The molecule has 0 spiro atoms. The lowest BCUT2D eigenvalue weighted by Crippen LogP contribution is -2.07. The average molecular weight is 249 g/mol. The standard InChI is InChI=1S/C10H11N5O3/c1-2-5-18-10-9(14-12-3-4-13-14)6-8(7-11-10)15(16)17/h3-4,6-7H,2,5H2,1H3. The van der Waals surface area contributed by atoms with Crippen molar-refractivity contribution in [3.8, 4) is 11.6 Å². The minimum absolute atomic E-state index is 0.133. The first-order valence-corrected chi connectivity index (χ1v) is 5.36. The molecule has 94 valence electrons. The van der Waals surface area contributed by atoms with Gasteiger partial charge in [0.15, 0.2) is 5.69 Å². The second-order valence-electron chi connectivity index (χ2n) is 3.44. The van der Waals surface area contributed by atoms with Crippen LogP contribution in [-0.2, 0) is 0 Å². The van der Waals surface area contributed by atoms with E-state index in [1.807, 2.05) is 6.92 Å². The summed E-state index contributed by atoms with van der Waals surface area (Å²) in [5.41, 5.74) is 0.216. The molecule has 0 atom stereocenters. The van der Waals surface area contributed by atoms with E-state index in [1.54, 1.807) is 0 Å². The topological polar surface area (TPSA) is 96.0 Å². The molecule has 18 heavy (non-hydrogen) atoms. The summed E-state index contributed by atoms with van der Waals surface area (Å²) in [5, 5.41) is 18.6. The molecule has 0 aliphatic heterocycles. The molecule has 2 rings (SSSR count). The van der Waals surface area contributed by atoms with Crippen molar-refractivity contribution in [1.82, 2.24) is 20.0 Å². The Hall–Kier alpha value is -2.51. The van der Waals surface area contributed by atoms with Gasteiger partial charge in [-0.15, -0.1) is 4.80 Å². The third kappa shape index (κ3) is 2.42. The van der Waals surface area contributed by atoms with Crippen LogP contribution in [0.1, 0.15) is 13.3 Å². The third-order valence-corrected chi connectivity index (χ3v) is 2.11. The molecule has 0 saturated heterocycles. The van der Waals surface area contributed by atoms with Crippen LogP contribution in [0.15, 0.2) is 24.7 Å². The van der Waals surface area contributed by atoms with Gasteiger partial charge in [-0.3, -0.25) is 10.1 Å². The van der Waals surface area contributed by atoms with E-state index in [2.05, 4.69) is 15.2 Å². The lowest BCUT2D eigenvalue weighted by molar-refractivity contribution is -0.385. The quantitative estimate of drug-likeness (QED) is 0.586. The van der Waals surface area contributed by atoms with E-state index in [-0.39, 0.29) is 11.6 Å². The molecule has 0 N–H and O–H groups in total. The zero-order valence-electron chi connectivity index (χ0n) is 9.68. The highest BCUT2D eigenvalue weighted by molar-refractivity contribution is 5.47. The second kappa shape index (κ2) is 5.21. The van der Waals surface area contributed by atoms with E-state index in [0.29, 0.717) is 12.3 Å². The minimum atomic E-state index is -0.524. The van der Waals surface area contributed by atoms with Crippen molar-refractivity contribution in [2.75, 3.05) is 6.61 Å². The Bertz CT molecular complexity index is 540. The lowest BCUT2D eigenvalue weighted by atomic mass is 10.3. The molecule has 8 nitrogen and oxygen atoms in total. The van der Waals surface area contributed by atoms with Crippen molar-refractivity contribution < 1.29 is 9.66 Å². The number of pyridine rings is 1. The summed E-state index contributed by atoms with van der Waals surface area (Å²) in [6.45, 7) is 2.43. The summed E-state index contributed by atoms with van der Waals surface area (Å²) in [6, 6.07) is 1.33. The second-order valence-corrected chi connectivity index (χ2v) is 3.44. The molecule has 2 aromatic rings. The van der Waals surface area contributed by atoms with Crippen LogP contribution in [0.3, 0.4) is 0 Å². The van der Waals surface area contributed by atoms with Crippen molar-refractivity contribution in [2.24, 2.45) is 0 Å². The molecular weight excluding hydrogens is 238 g/mol. The Morgan fingerprint density at radius 1 is 1.44 bits per heavy atom. The summed E-state index contributed by atoms with van der Waals surface area (Å²) in [7, 11) is 0. The highest BCUT2D eigenvalue weighted by Gasteiger charge is 2.15. The Labute approximate surface area is 102 Å². The molecule has 0 aliphatic carbocycles. The summed E-state index contributed by atoms with van der Waals surface area (Å²) in [4.78, 5) is 15.4. The normalized spacial score (nSPS) is 10.3. The van der Waals surface area contributed by atoms with Crippen LogP contribution < -0.4 is 4.74 Å². The van der Waals surface area contributed by atoms with E-state index >= 15 is 0 Å². The summed E-state index contributed by atoms with van der Waals surface area (Å²) < 4.78 is 5.41. The van der Waals surface area contributed by atoms with Gasteiger partial charge in [0.05, 0.1) is 30.0 Å². The molecule has 2 heterocycles. The largest absolute Gasteiger partial charge is 0.476 e. The average Bonchev–Trinajstić information content (AvgIpc) is 2.89. The van der Waals surface area contributed by atoms with E-state index in [0.717, 1.165) is 12.6 Å². The Balaban J connectivity index is 2.43. The van der Waals surface area contributed by atoms with Gasteiger partial charge in [0.25, 0.3) is 5.69 Å². The summed E-state index contributed by atoms with van der Waals surface area (Å²) in [6.07, 6.45) is 4.91. The van der Waals surface area contributed by atoms with Gasteiger partial charge in [-0.2, -0.15) is 10.2 Å². The molecule has 0 fully saturated rings. The Morgan fingerprint density at radius 3 is 2.78 bits per heavy atom. The van der Waals surface area contributed by atoms with Gasteiger partial charge in [-0.05, 0) is 6.42 Å². The number of hydrogen-bond donors (Lipinski definition) is 0. The number of rotatable bonds is 5. The fraction of sp³-hybridized carbons (Fsp3) is 0.300. The number of nitro groups is 1. The molecule has 0 radical (unpaired) electrons. The Morgan fingerprint density at radius 2 is 2.17 bits per heavy atom. The fourth-order valence-corrected chi connectivity index (χ4v) is 1.32. The SMILES string of the molecule is CCCOc1ncc([N+](=O)[O-])cc1-n1nccn1. The fourth-order valence-electron chi connectivity index (χ4n) is 1.32. The van der Waals surface area contributed by atoms with Gasteiger partial charge in [0.1, 0.15) is 6.20 Å². The van der Waals surface area contributed by atoms with Crippen molar-refractivity contribution in [3.05, 3.63) is 34.8 Å². The van der Waals surface area contributed by atoms with Crippen LogP contribution >= 0.6 is 0 Å². The number of aromatic nitrogens is 4. The summed E-state index contributed by atoms with van der Waals surface area (Å²) in [5.74, 6) is 0.277. The van der Waals surface area contributed by atoms with Gasteiger partial charge in [-0.25, -0.2) is 4.98 Å². The van der Waals surface area contributed by atoms with Crippen molar-refractivity contribution in [1.29, 1.82) is 0 Å². The van der Waals surface area contributed by atoms with E-state index in [1.165, 1.54) is 23.3 Å². The van der Waals surface area contributed by atoms with E-state index in [4.69, 9.17) is 4.74 Å². The highest BCUT2D eigenvalue weighted by Crippen LogP contribution is 2.23. The molecule has 0 unspecified atom stereocenters. The van der Waals surface area contributed by atoms with Crippen LogP contribution in [0, 0.1) is 10.1 Å². The van der Waals surface area contributed by atoms with Crippen LogP contribution in [0.5, 0.6) is 5.88 Å². The zero-order chi connectivity index (χ0) is 13.0. The van der Waals surface area contributed by atoms with Crippen molar-refractivity contribution in [2.45, 2.75) is 13.3 Å². The monoisotopic (exact) mass is 249 g/mol. The Kier molecular flexibility index (Phi) is 3.46. The molecule has 0 amide bonds. The molecule has 0 aromatic carbocycles. The molecule has 8 heteroatoms. The first-order chi connectivity index (χ1) is 8.72. The first-order valence-electron chi connectivity index (χ1n) is 5.36.